The maximum Gasteiger partial charge on any atom is 0.123 e. The molecule has 7 heteroatoms. The van der Waals surface area contributed by atoms with Crippen molar-refractivity contribution < 1.29 is 4.39 Å². The monoisotopic (exact) mass is 481 g/mol. The lowest BCUT2D eigenvalue weighted by Crippen LogP contribution is -2.49. The van der Waals surface area contributed by atoms with E-state index in [1.807, 2.05) is 30.3 Å². The van der Waals surface area contributed by atoms with E-state index in [1.165, 1.54) is 17.4 Å². The molecule has 1 saturated heterocycles. The van der Waals surface area contributed by atoms with Gasteiger partial charge in [-0.25, -0.2) is 13.8 Å². The number of likely N-dealkylation sites (N-methyl/N-ethyl adjacent to an activating group) is 1. The van der Waals surface area contributed by atoms with Crippen LogP contribution >= 0.6 is 7.21 Å². The zero-order valence-corrected chi connectivity index (χ0v) is 22.2. The van der Waals surface area contributed by atoms with Crippen LogP contribution in [0.5, 0.6) is 0 Å². The Morgan fingerprint density at radius 3 is 2.12 bits per heavy atom. The topological polar surface area (TPSA) is 36.7 Å². The summed E-state index contributed by atoms with van der Waals surface area (Å²) in [6, 6.07) is 17.0. The minimum atomic E-state index is -2.33. The van der Waals surface area contributed by atoms with Gasteiger partial charge in [-0.3, -0.25) is 4.67 Å². The van der Waals surface area contributed by atoms with E-state index >= 15 is 0 Å². The molecule has 0 aliphatic carbocycles. The first-order valence-electron chi connectivity index (χ1n) is 12.2. The van der Waals surface area contributed by atoms with Crippen molar-refractivity contribution in [1.82, 2.24) is 19.4 Å². The molecular weight excluding hydrogens is 444 g/mol. The van der Waals surface area contributed by atoms with Gasteiger partial charge in [0, 0.05) is 31.3 Å². The molecule has 34 heavy (non-hydrogen) atoms. The highest BCUT2D eigenvalue weighted by Gasteiger charge is 2.45. The van der Waals surface area contributed by atoms with Gasteiger partial charge in [-0.05, 0) is 56.8 Å². The van der Waals surface area contributed by atoms with Crippen LogP contribution in [0, 0.1) is 19.7 Å². The Labute approximate surface area is 203 Å². The molecule has 0 saturated carbocycles. The fourth-order valence-electron chi connectivity index (χ4n) is 5.09. The van der Waals surface area contributed by atoms with E-state index in [2.05, 4.69) is 67.9 Å². The summed E-state index contributed by atoms with van der Waals surface area (Å²) in [7, 11) is -2.33. The smallest absolute Gasteiger partial charge is 0.123 e. The minimum Gasteiger partial charge on any atom is -0.301 e. The third-order valence-corrected chi connectivity index (χ3v) is 11.7. The Bertz CT molecular complexity index is 1170. The van der Waals surface area contributed by atoms with E-state index in [0.717, 1.165) is 55.5 Å². The van der Waals surface area contributed by atoms with Crippen molar-refractivity contribution in [2.75, 3.05) is 32.7 Å². The first-order chi connectivity index (χ1) is 16.2. The molecule has 1 atom stereocenters. The molecule has 0 radical (unpaired) electrons. The Kier molecular flexibility index (Phi) is 7.14. The number of nitrogens with zero attached hydrogens (tertiary/aromatic N) is 5. The number of halogens is 1. The van der Waals surface area contributed by atoms with Crippen molar-refractivity contribution in [3.8, 4) is 5.69 Å². The first-order valence-corrected chi connectivity index (χ1v) is 13.8. The van der Waals surface area contributed by atoms with Gasteiger partial charge in [-0.15, -0.1) is 0 Å². The quantitative estimate of drug-likeness (QED) is 0.411. The van der Waals surface area contributed by atoms with Crippen LogP contribution in [0.15, 0.2) is 59.3 Å². The standard InChI is InChI=1S/C27H37FN5P/c1-7-31-17-19-32(20-18-31)34(27(4,5)6,30-24-15-13-23(28)14-16-24)26-21(2)29-33(22(26)3)25-11-9-8-10-12-25/h8-16H,7,17-20H2,1-6H3/t34-/m1/s1. The third-order valence-electron chi connectivity index (χ3n) is 6.79. The number of para-hydroxylation sites is 1. The molecule has 1 aliphatic rings. The lowest BCUT2D eigenvalue weighted by Gasteiger charge is -2.48. The highest BCUT2D eigenvalue weighted by molar-refractivity contribution is 7.73. The zero-order valence-electron chi connectivity index (χ0n) is 21.3. The van der Waals surface area contributed by atoms with Crippen LogP contribution in [0.25, 0.3) is 5.69 Å². The van der Waals surface area contributed by atoms with Gasteiger partial charge in [-0.2, -0.15) is 5.10 Å². The Hall–Kier alpha value is -2.27. The molecule has 0 amide bonds. The fraction of sp³-hybridized carbons (Fsp3) is 0.444. The van der Waals surface area contributed by atoms with Crippen LogP contribution in [-0.4, -0.2) is 57.2 Å². The Balaban J connectivity index is 2.00. The normalized spacial score (nSPS) is 17.5. The van der Waals surface area contributed by atoms with Gasteiger partial charge in [-0.1, -0.05) is 45.9 Å². The lowest BCUT2D eigenvalue weighted by atomic mass is 10.3. The Morgan fingerprint density at radius 2 is 1.56 bits per heavy atom. The van der Waals surface area contributed by atoms with Crippen LogP contribution in [-0.2, 0) is 0 Å². The van der Waals surface area contributed by atoms with Gasteiger partial charge in [0.05, 0.1) is 35.3 Å². The first kappa shape index (κ1) is 24.8. The van der Waals surface area contributed by atoms with E-state index in [-0.39, 0.29) is 11.0 Å². The van der Waals surface area contributed by atoms with E-state index in [9.17, 15) is 4.39 Å². The maximum absolute atomic E-state index is 13.8. The molecule has 4 rings (SSSR count). The molecule has 0 N–H and O–H groups in total. The molecular formula is C27H37FN5P. The summed E-state index contributed by atoms with van der Waals surface area (Å²) in [4.78, 5) is 2.50. The molecule has 0 spiro atoms. The van der Waals surface area contributed by atoms with Gasteiger partial charge in [0.25, 0.3) is 0 Å². The highest BCUT2D eigenvalue weighted by Crippen LogP contribution is 2.65. The number of hydrogen-bond acceptors (Lipinski definition) is 3. The second-order valence-electron chi connectivity index (χ2n) is 10.0. The molecule has 0 unspecified atom stereocenters. The molecule has 5 nitrogen and oxygen atoms in total. The van der Waals surface area contributed by atoms with Gasteiger partial charge >= 0.3 is 0 Å². The third kappa shape index (κ3) is 4.51. The average Bonchev–Trinajstić information content (AvgIpc) is 3.13. The molecule has 1 aromatic heterocycles. The van der Waals surface area contributed by atoms with Crippen LogP contribution in [0.4, 0.5) is 10.1 Å². The van der Waals surface area contributed by atoms with E-state index in [4.69, 9.17) is 9.84 Å². The van der Waals surface area contributed by atoms with Gasteiger partial charge in [0.1, 0.15) is 5.82 Å². The second kappa shape index (κ2) is 9.77. The summed E-state index contributed by atoms with van der Waals surface area (Å²) >= 11 is 0. The summed E-state index contributed by atoms with van der Waals surface area (Å²) in [6.07, 6.45) is 0. The second-order valence-corrected chi connectivity index (χ2v) is 13.8. The highest BCUT2D eigenvalue weighted by atomic mass is 31.2. The van der Waals surface area contributed by atoms with Gasteiger partial charge in [0.15, 0.2) is 0 Å². The van der Waals surface area contributed by atoms with Gasteiger partial charge in [0.2, 0.25) is 0 Å². The summed E-state index contributed by atoms with van der Waals surface area (Å²) in [5, 5.41) is 6.13. The van der Waals surface area contributed by atoms with Crippen molar-refractivity contribution in [1.29, 1.82) is 0 Å². The number of rotatable bonds is 5. The number of piperazine rings is 1. The number of hydrogen-bond donors (Lipinski definition) is 0. The number of aryl methyl sites for hydroxylation is 1. The summed E-state index contributed by atoms with van der Waals surface area (Å²) in [6.45, 7) is 18.5. The Morgan fingerprint density at radius 1 is 0.941 bits per heavy atom. The van der Waals surface area contributed by atoms with Crippen molar-refractivity contribution in [2.45, 2.75) is 46.7 Å². The van der Waals surface area contributed by atoms with Crippen LogP contribution in [0.2, 0.25) is 0 Å². The maximum atomic E-state index is 13.8. The molecule has 2 heterocycles. The van der Waals surface area contributed by atoms with E-state index in [1.54, 1.807) is 0 Å². The van der Waals surface area contributed by atoms with Gasteiger partial charge < -0.3 is 4.90 Å². The minimum absolute atomic E-state index is 0.143. The summed E-state index contributed by atoms with van der Waals surface area (Å²) in [5.41, 5.74) is 4.04. The van der Waals surface area contributed by atoms with Crippen LogP contribution < -0.4 is 5.30 Å². The SMILES string of the molecule is CCN1CCN([P@](=Nc2ccc(F)cc2)(c2c(C)nn(-c3ccccc3)c2C)C(C)(C)C)CC1. The van der Waals surface area contributed by atoms with Crippen LogP contribution in [0.1, 0.15) is 39.1 Å². The molecule has 2 aromatic carbocycles. The predicted octanol–water partition coefficient (Wildman–Crippen LogP) is 6.14. The van der Waals surface area contributed by atoms with Crippen LogP contribution in [0.3, 0.4) is 0 Å². The van der Waals surface area contributed by atoms with E-state index < -0.39 is 7.21 Å². The van der Waals surface area contributed by atoms with Crippen molar-refractivity contribution >= 4 is 18.2 Å². The molecule has 182 valence electrons. The fourth-order valence-corrected chi connectivity index (χ4v) is 9.68. The molecule has 0 bridgehead atoms. The average molecular weight is 482 g/mol. The summed E-state index contributed by atoms with van der Waals surface area (Å²) in [5.74, 6) is -0.237. The summed E-state index contributed by atoms with van der Waals surface area (Å²) < 4.78 is 24.0. The number of aromatic nitrogens is 2. The largest absolute Gasteiger partial charge is 0.301 e. The number of benzene rings is 2. The molecule has 1 aliphatic heterocycles. The van der Waals surface area contributed by atoms with Crippen molar-refractivity contribution in [3.63, 3.8) is 0 Å². The van der Waals surface area contributed by atoms with Crippen molar-refractivity contribution in [3.05, 3.63) is 71.8 Å². The zero-order chi connectivity index (χ0) is 24.5. The molecule has 1 fully saturated rings. The van der Waals surface area contributed by atoms with Crippen molar-refractivity contribution in [2.24, 2.45) is 4.74 Å². The molecule has 3 aromatic rings. The predicted molar refractivity (Wildman–Crippen MR) is 142 cm³/mol. The van der Waals surface area contributed by atoms with E-state index in [0.29, 0.717) is 0 Å². The lowest BCUT2D eigenvalue weighted by molar-refractivity contribution is 0.198.